The van der Waals surface area contributed by atoms with E-state index in [2.05, 4.69) is 4.98 Å². The van der Waals surface area contributed by atoms with E-state index < -0.39 is 5.60 Å². The Morgan fingerprint density at radius 2 is 2.07 bits per heavy atom. The average molecular weight is 398 g/mol. The van der Waals surface area contributed by atoms with E-state index in [1.807, 2.05) is 41.5 Å². The molecule has 2 aliphatic rings. The largest absolute Gasteiger partial charge is 0.451 e. The van der Waals surface area contributed by atoms with Crippen molar-refractivity contribution in [2.75, 3.05) is 19.7 Å². The number of rotatable bonds is 2. The maximum atomic E-state index is 13.0. The Labute approximate surface area is 166 Å². The van der Waals surface area contributed by atoms with Gasteiger partial charge in [-0.1, -0.05) is 18.2 Å². The first-order valence-electron chi connectivity index (χ1n) is 9.53. The second-order valence-electron chi connectivity index (χ2n) is 7.86. The number of aryl methyl sites for hydroxylation is 1. The maximum Gasteiger partial charge on any atom is 0.289 e. The molecule has 2 fully saturated rings. The van der Waals surface area contributed by atoms with Crippen LogP contribution in [-0.4, -0.2) is 46.2 Å². The van der Waals surface area contributed by atoms with Gasteiger partial charge >= 0.3 is 0 Å². The molecule has 1 spiro atoms. The van der Waals surface area contributed by atoms with Gasteiger partial charge < -0.3 is 19.2 Å². The van der Waals surface area contributed by atoms with Crippen molar-refractivity contribution in [3.8, 4) is 0 Å². The summed E-state index contributed by atoms with van der Waals surface area (Å²) in [6, 6.07) is 7.72. The number of benzene rings is 1. The molecule has 0 bridgehead atoms. The zero-order valence-electron chi connectivity index (χ0n) is 15.7. The van der Waals surface area contributed by atoms with Crippen molar-refractivity contribution in [2.24, 2.45) is 0 Å². The average Bonchev–Trinajstić information content (AvgIpc) is 3.43. The van der Waals surface area contributed by atoms with Crippen LogP contribution in [0.1, 0.15) is 40.4 Å². The van der Waals surface area contributed by atoms with Crippen molar-refractivity contribution in [2.45, 2.75) is 37.4 Å². The molecule has 6 nitrogen and oxygen atoms in total. The lowest BCUT2D eigenvalue weighted by Crippen LogP contribution is -2.47. The number of para-hydroxylation sites is 1. The van der Waals surface area contributed by atoms with Crippen LogP contribution in [0.4, 0.5) is 0 Å². The van der Waals surface area contributed by atoms with Gasteiger partial charge in [-0.25, -0.2) is 4.98 Å². The van der Waals surface area contributed by atoms with Gasteiger partial charge in [0, 0.05) is 42.0 Å². The van der Waals surface area contributed by atoms with Gasteiger partial charge in [-0.2, -0.15) is 0 Å². The lowest BCUT2D eigenvalue weighted by atomic mass is 9.83. The molecule has 2 aliphatic heterocycles. The third-order valence-corrected chi connectivity index (χ3v) is 7.03. The number of likely N-dealkylation sites (tertiary alicyclic amines) is 1. The Bertz CT molecular complexity index is 1020. The Morgan fingerprint density at radius 1 is 1.29 bits per heavy atom. The van der Waals surface area contributed by atoms with Gasteiger partial charge in [0.1, 0.15) is 16.2 Å². The van der Waals surface area contributed by atoms with Crippen LogP contribution >= 0.6 is 11.3 Å². The summed E-state index contributed by atoms with van der Waals surface area (Å²) in [5.74, 6) is 0.348. The summed E-state index contributed by atoms with van der Waals surface area (Å²) in [7, 11) is 0. The predicted molar refractivity (Wildman–Crippen MR) is 105 cm³/mol. The number of furan rings is 1. The molecule has 2 aromatic heterocycles. The molecule has 1 N–H and O–H groups in total. The van der Waals surface area contributed by atoms with E-state index in [1.54, 1.807) is 6.20 Å². The van der Waals surface area contributed by atoms with Gasteiger partial charge in [0.2, 0.25) is 0 Å². The number of nitrogens with zero attached hydrogens (tertiary/aromatic N) is 2. The second-order valence-corrected chi connectivity index (χ2v) is 8.76. The molecule has 2 saturated heterocycles. The summed E-state index contributed by atoms with van der Waals surface area (Å²) < 4.78 is 11.9. The number of piperidine rings is 1. The molecule has 1 amide bonds. The van der Waals surface area contributed by atoms with Gasteiger partial charge in [0.15, 0.2) is 5.76 Å². The number of hydrogen-bond acceptors (Lipinski definition) is 6. The molecule has 0 saturated carbocycles. The summed E-state index contributed by atoms with van der Waals surface area (Å²) in [6.07, 6.45) is 3.64. The Hall–Kier alpha value is -2.22. The van der Waals surface area contributed by atoms with Crippen LogP contribution in [0.25, 0.3) is 11.0 Å². The van der Waals surface area contributed by atoms with Crippen LogP contribution in [0.3, 0.4) is 0 Å². The molecule has 1 aromatic carbocycles. The number of aromatic nitrogens is 1. The molecule has 1 atom stereocenters. The van der Waals surface area contributed by atoms with Crippen molar-refractivity contribution >= 4 is 28.2 Å². The van der Waals surface area contributed by atoms with E-state index in [1.165, 1.54) is 11.3 Å². The Morgan fingerprint density at radius 3 is 2.79 bits per heavy atom. The monoisotopic (exact) mass is 398 g/mol. The van der Waals surface area contributed by atoms with Crippen LogP contribution in [0.15, 0.2) is 40.3 Å². The number of ether oxygens (including phenoxy) is 1. The van der Waals surface area contributed by atoms with Crippen LogP contribution < -0.4 is 0 Å². The van der Waals surface area contributed by atoms with E-state index in [-0.39, 0.29) is 18.1 Å². The fourth-order valence-electron chi connectivity index (χ4n) is 4.46. The van der Waals surface area contributed by atoms with Crippen molar-refractivity contribution in [3.63, 3.8) is 0 Å². The van der Waals surface area contributed by atoms with Crippen LogP contribution in [0, 0.1) is 6.92 Å². The lowest BCUT2D eigenvalue weighted by Gasteiger charge is -2.38. The van der Waals surface area contributed by atoms with Crippen LogP contribution in [-0.2, 0) is 10.3 Å². The number of aliphatic hydroxyl groups is 1. The predicted octanol–water partition coefficient (Wildman–Crippen LogP) is 3.48. The van der Waals surface area contributed by atoms with Crippen LogP contribution in [0.2, 0.25) is 0 Å². The number of hydrogen-bond donors (Lipinski definition) is 1. The summed E-state index contributed by atoms with van der Waals surface area (Å²) in [4.78, 5) is 19.1. The standard InChI is InChI=1S/C21H22N2O4S/c1-14-15-4-2-3-5-16(15)27-17(14)18(24)23-9-6-20(7-10-23)12-21(25,13-26-20)19-22-8-11-28-19/h2-5,8,11,25H,6-7,9-10,12-13H2,1H3. The van der Waals surface area contributed by atoms with Gasteiger partial charge in [0.25, 0.3) is 5.91 Å². The zero-order valence-corrected chi connectivity index (χ0v) is 16.5. The van der Waals surface area contributed by atoms with Gasteiger partial charge in [-0.3, -0.25) is 4.79 Å². The summed E-state index contributed by atoms with van der Waals surface area (Å²) >= 11 is 1.45. The van der Waals surface area contributed by atoms with E-state index in [9.17, 15) is 9.90 Å². The lowest BCUT2D eigenvalue weighted by molar-refractivity contribution is -0.0434. The highest BCUT2D eigenvalue weighted by Crippen LogP contribution is 2.45. The first-order valence-corrected chi connectivity index (χ1v) is 10.4. The van der Waals surface area contributed by atoms with Gasteiger partial charge in [-0.15, -0.1) is 11.3 Å². The zero-order chi connectivity index (χ0) is 19.4. The molecular formula is C21H22N2O4S. The van der Waals surface area contributed by atoms with Crippen LogP contribution in [0.5, 0.6) is 0 Å². The van der Waals surface area contributed by atoms with E-state index in [0.29, 0.717) is 43.1 Å². The van der Waals surface area contributed by atoms with Crippen molar-refractivity contribution < 1.29 is 19.1 Å². The fraction of sp³-hybridized carbons (Fsp3) is 0.429. The quantitative estimate of drug-likeness (QED) is 0.715. The van der Waals surface area contributed by atoms with Crippen molar-refractivity contribution in [3.05, 3.63) is 52.2 Å². The molecule has 0 aliphatic carbocycles. The summed E-state index contributed by atoms with van der Waals surface area (Å²) in [6.45, 7) is 3.36. The summed E-state index contributed by atoms with van der Waals surface area (Å²) in [5.41, 5.74) is 0.219. The van der Waals surface area contributed by atoms with Gasteiger partial charge in [-0.05, 0) is 25.8 Å². The van der Waals surface area contributed by atoms with Crippen molar-refractivity contribution in [1.29, 1.82) is 0 Å². The minimum atomic E-state index is -1.02. The topological polar surface area (TPSA) is 75.8 Å². The third-order valence-electron chi connectivity index (χ3n) is 6.06. The minimum absolute atomic E-state index is 0.0725. The molecule has 0 radical (unpaired) electrons. The first kappa shape index (κ1) is 17.8. The molecule has 28 heavy (non-hydrogen) atoms. The number of carbonyl (C=O) groups excluding carboxylic acids is 1. The number of thiazole rings is 1. The smallest absolute Gasteiger partial charge is 0.289 e. The highest BCUT2D eigenvalue weighted by molar-refractivity contribution is 7.09. The molecule has 7 heteroatoms. The molecule has 146 valence electrons. The van der Waals surface area contributed by atoms with Crippen molar-refractivity contribution in [1.82, 2.24) is 9.88 Å². The fourth-order valence-corrected chi connectivity index (χ4v) is 5.18. The first-order chi connectivity index (χ1) is 13.5. The third kappa shape index (κ3) is 2.77. The van der Waals surface area contributed by atoms with E-state index in [4.69, 9.17) is 9.15 Å². The molecule has 4 heterocycles. The number of amides is 1. The second kappa shape index (κ2) is 6.40. The van der Waals surface area contributed by atoms with E-state index in [0.717, 1.165) is 16.5 Å². The van der Waals surface area contributed by atoms with E-state index >= 15 is 0 Å². The highest BCUT2D eigenvalue weighted by Gasteiger charge is 2.52. The normalized spacial score (nSPS) is 24.3. The Kier molecular flexibility index (Phi) is 4.08. The number of carbonyl (C=O) groups is 1. The van der Waals surface area contributed by atoms with Gasteiger partial charge in [0.05, 0.1) is 12.2 Å². The molecular weight excluding hydrogens is 376 g/mol. The maximum absolute atomic E-state index is 13.0. The molecule has 3 aromatic rings. The molecule has 5 rings (SSSR count). The SMILES string of the molecule is Cc1c(C(=O)N2CCC3(CC2)CC(O)(c2nccs2)CO3)oc2ccccc12. The number of fused-ring (bicyclic) bond motifs is 1. The Balaban J connectivity index is 1.31. The summed E-state index contributed by atoms with van der Waals surface area (Å²) in [5, 5.41) is 14.5. The molecule has 1 unspecified atom stereocenters. The highest BCUT2D eigenvalue weighted by atomic mass is 32.1. The minimum Gasteiger partial charge on any atom is -0.451 e.